The van der Waals surface area contributed by atoms with Crippen LogP contribution in [0.1, 0.15) is 29.9 Å². The lowest BCUT2D eigenvalue weighted by Gasteiger charge is -2.03. The smallest absolute Gasteiger partial charge is 0.0831 e. The van der Waals surface area contributed by atoms with Crippen LogP contribution in [0.4, 0.5) is 0 Å². The van der Waals surface area contributed by atoms with Gasteiger partial charge < -0.3 is 0 Å². The Morgan fingerprint density at radius 3 is 2.00 bits per heavy atom. The summed E-state index contributed by atoms with van der Waals surface area (Å²) in [6, 6.07) is 4.49. The Balaban J connectivity index is 2.34. The fourth-order valence-corrected chi connectivity index (χ4v) is 4.97. The third-order valence-corrected chi connectivity index (χ3v) is 7.57. The monoisotopic (exact) mass is 378 g/mol. The van der Waals surface area contributed by atoms with Crippen LogP contribution in [0.15, 0.2) is 16.6 Å². The molecule has 16 heavy (non-hydrogen) atoms. The number of hydrogen-bond donors (Lipinski definition) is 0. The molecule has 4 heteroatoms. The van der Waals surface area contributed by atoms with E-state index in [2.05, 4.69) is 64.8 Å². The lowest BCUT2D eigenvalue weighted by atomic mass is 10.2. The van der Waals surface area contributed by atoms with Crippen LogP contribution in [-0.2, 0) is 0 Å². The first kappa shape index (κ1) is 12.8. The second-order valence-corrected chi connectivity index (χ2v) is 8.15. The zero-order chi connectivity index (χ0) is 11.9. The maximum absolute atomic E-state index is 3.79. The third-order valence-electron chi connectivity index (χ3n) is 2.56. The first-order chi connectivity index (χ1) is 7.49. The zero-order valence-corrected chi connectivity index (χ0v) is 14.1. The number of halogens is 2. The molecule has 0 radical (unpaired) electrons. The highest BCUT2D eigenvalue weighted by Crippen LogP contribution is 2.41. The minimum Gasteiger partial charge on any atom is -0.144 e. The number of aryl methyl sites for hydroxylation is 3. The average molecular weight is 380 g/mol. The highest BCUT2D eigenvalue weighted by molar-refractivity contribution is 9.10. The summed E-state index contributed by atoms with van der Waals surface area (Å²) in [6.45, 7) is 6.49. The van der Waals surface area contributed by atoms with Gasteiger partial charge >= 0.3 is 0 Å². The molecule has 2 aromatic rings. The van der Waals surface area contributed by atoms with Gasteiger partial charge in [-0.25, -0.2) is 0 Å². The molecule has 0 bridgehead atoms. The van der Waals surface area contributed by atoms with Crippen molar-refractivity contribution in [3.63, 3.8) is 0 Å². The van der Waals surface area contributed by atoms with Crippen LogP contribution in [0.2, 0.25) is 0 Å². The van der Waals surface area contributed by atoms with Gasteiger partial charge in [-0.2, -0.15) is 0 Å². The van der Waals surface area contributed by atoms with Crippen molar-refractivity contribution < 1.29 is 0 Å². The predicted octanol–water partition coefficient (Wildman–Crippen LogP) is 5.98. The summed E-state index contributed by atoms with van der Waals surface area (Å²) in [5.41, 5.74) is 1.39. The van der Waals surface area contributed by atoms with E-state index < -0.39 is 0 Å². The van der Waals surface area contributed by atoms with Crippen LogP contribution >= 0.6 is 54.5 Å². The van der Waals surface area contributed by atoms with Gasteiger partial charge in [-0.15, -0.1) is 22.7 Å². The summed E-state index contributed by atoms with van der Waals surface area (Å²) in [6.07, 6.45) is 0. The lowest BCUT2D eigenvalue weighted by molar-refractivity contribution is 1.27. The van der Waals surface area contributed by atoms with E-state index in [9.17, 15) is 0 Å². The van der Waals surface area contributed by atoms with Crippen LogP contribution in [0.25, 0.3) is 0 Å². The predicted molar refractivity (Wildman–Crippen MR) is 81.3 cm³/mol. The molecule has 0 aliphatic rings. The molecular weight excluding hydrogens is 368 g/mol. The fraction of sp³-hybridized carbons (Fsp3) is 0.333. The van der Waals surface area contributed by atoms with Gasteiger partial charge in [0.2, 0.25) is 0 Å². The fourth-order valence-electron chi connectivity index (χ4n) is 1.47. The molecule has 1 atom stereocenters. The zero-order valence-electron chi connectivity index (χ0n) is 9.30. The third kappa shape index (κ3) is 2.45. The Morgan fingerprint density at radius 2 is 1.56 bits per heavy atom. The van der Waals surface area contributed by atoms with Crippen LogP contribution in [0.5, 0.6) is 0 Å². The number of thiophene rings is 2. The molecule has 0 aliphatic heterocycles. The Bertz CT molecular complexity index is 426. The van der Waals surface area contributed by atoms with Crippen LogP contribution in [0, 0.1) is 20.8 Å². The second-order valence-electron chi connectivity index (χ2n) is 3.80. The summed E-state index contributed by atoms with van der Waals surface area (Å²) in [4.78, 5) is 5.84. The summed E-state index contributed by atoms with van der Waals surface area (Å²) in [5, 5.41) is 0. The van der Waals surface area contributed by atoms with E-state index in [4.69, 9.17) is 0 Å². The second kappa shape index (κ2) is 4.92. The molecule has 0 amide bonds. The van der Waals surface area contributed by atoms with E-state index in [0.717, 1.165) is 0 Å². The minimum absolute atomic E-state index is 0.333. The van der Waals surface area contributed by atoms with Crippen LogP contribution in [-0.4, -0.2) is 0 Å². The Labute approximate surface area is 121 Å². The molecule has 86 valence electrons. The van der Waals surface area contributed by atoms with Gasteiger partial charge in [-0.3, -0.25) is 0 Å². The molecular formula is C12H12Br2S2. The van der Waals surface area contributed by atoms with Crippen LogP contribution in [0.3, 0.4) is 0 Å². The van der Waals surface area contributed by atoms with E-state index in [1.807, 2.05) is 22.7 Å². The maximum atomic E-state index is 3.79. The van der Waals surface area contributed by atoms with E-state index in [0.29, 0.717) is 4.83 Å². The molecule has 0 aliphatic carbocycles. The Morgan fingerprint density at radius 1 is 1.00 bits per heavy atom. The Hall–Kier alpha value is 0.360. The summed E-state index contributed by atoms with van der Waals surface area (Å²) < 4.78 is 1.21. The van der Waals surface area contributed by atoms with Crippen molar-refractivity contribution in [2.45, 2.75) is 25.6 Å². The Kier molecular flexibility index (Phi) is 3.94. The quantitative estimate of drug-likeness (QED) is 0.562. The molecule has 0 spiro atoms. The molecule has 0 aromatic carbocycles. The molecule has 0 N–H and O–H groups in total. The van der Waals surface area contributed by atoms with E-state index in [1.165, 1.54) is 29.5 Å². The van der Waals surface area contributed by atoms with Gasteiger partial charge in [0.1, 0.15) is 0 Å². The summed E-state index contributed by atoms with van der Waals surface area (Å²) >= 11 is 11.1. The largest absolute Gasteiger partial charge is 0.144 e. The average Bonchev–Trinajstić information content (AvgIpc) is 2.72. The highest BCUT2D eigenvalue weighted by atomic mass is 79.9. The molecule has 2 aromatic heterocycles. The van der Waals surface area contributed by atoms with Crippen molar-refractivity contribution in [3.05, 3.63) is 41.7 Å². The maximum Gasteiger partial charge on any atom is 0.0831 e. The topological polar surface area (TPSA) is 0 Å². The molecule has 2 heterocycles. The first-order valence-electron chi connectivity index (χ1n) is 4.96. The molecule has 2 rings (SSSR count). The number of rotatable bonds is 2. The van der Waals surface area contributed by atoms with Crippen molar-refractivity contribution in [1.29, 1.82) is 0 Å². The number of hydrogen-bond acceptors (Lipinski definition) is 2. The minimum atomic E-state index is 0.333. The molecule has 0 saturated carbocycles. The summed E-state index contributed by atoms with van der Waals surface area (Å²) in [7, 11) is 0. The first-order valence-corrected chi connectivity index (χ1v) is 8.30. The number of alkyl halides is 1. The van der Waals surface area contributed by atoms with E-state index >= 15 is 0 Å². The van der Waals surface area contributed by atoms with Gasteiger partial charge in [0.15, 0.2) is 0 Å². The normalized spacial score (nSPS) is 13.1. The lowest BCUT2D eigenvalue weighted by Crippen LogP contribution is -1.83. The van der Waals surface area contributed by atoms with Gasteiger partial charge in [-0.05, 0) is 54.4 Å². The van der Waals surface area contributed by atoms with Gasteiger partial charge in [0.25, 0.3) is 0 Å². The summed E-state index contributed by atoms with van der Waals surface area (Å²) in [5.74, 6) is 0. The van der Waals surface area contributed by atoms with Crippen molar-refractivity contribution in [2.75, 3.05) is 0 Å². The van der Waals surface area contributed by atoms with Gasteiger partial charge in [0, 0.05) is 24.0 Å². The van der Waals surface area contributed by atoms with Gasteiger partial charge in [0.05, 0.1) is 4.83 Å². The van der Waals surface area contributed by atoms with Crippen LogP contribution < -0.4 is 0 Å². The van der Waals surface area contributed by atoms with Crippen molar-refractivity contribution in [1.82, 2.24) is 0 Å². The molecule has 0 saturated heterocycles. The molecule has 0 nitrogen and oxygen atoms in total. The molecule has 0 fully saturated rings. The standard InChI is InChI=1S/C12H12Br2S2/c1-6-4-10(15-7(6)2)12(14)11-5-9(13)8(3)16-11/h4-5,12H,1-3H3. The molecule has 1 unspecified atom stereocenters. The van der Waals surface area contributed by atoms with Crippen molar-refractivity contribution >= 4 is 54.5 Å². The van der Waals surface area contributed by atoms with E-state index in [1.54, 1.807) is 0 Å². The van der Waals surface area contributed by atoms with Crippen molar-refractivity contribution in [3.8, 4) is 0 Å². The highest BCUT2D eigenvalue weighted by Gasteiger charge is 2.16. The van der Waals surface area contributed by atoms with Gasteiger partial charge in [-0.1, -0.05) is 15.9 Å². The SMILES string of the molecule is Cc1cc(C(Br)c2cc(Br)c(C)s2)sc1C. The van der Waals surface area contributed by atoms with E-state index in [-0.39, 0.29) is 0 Å². The van der Waals surface area contributed by atoms with Crippen molar-refractivity contribution in [2.24, 2.45) is 0 Å².